The summed E-state index contributed by atoms with van der Waals surface area (Å²) in [6.07, 6.45) is 2.79. The molecule has 0 unspecified atom stereocenters. The van der Waals surface area contributed by atoms with Crippen molar-refractivity contribution in [3.8, 4) is 0 Å². The van der Waals surface area contributed by atoms with Gasteiger partial charge in [-0.15, -0.1) is 0 Å². The van der Waals surface area contributed by atoms with Crippen molar-refractivity contribution >= 4 is 11.7 Å². The molecule has 0 saturated carbocycles. The first kappa shape index (κ1) is 10.2. The van der Waals surface area contributed by atoms with Gasteiger partial charge in [-0.1, -0.05) is 6.58 Å². The molecule has 1 aromatic rings. The van der Waals surface area contributed by atoms with Crippen molar-refractivity contribution in [2.24, 2.45) is 0 Å². The molecule has 1 heterocycles. The number of nitrogens with zero attached hydrogens (tertiary/aromatic N) is 1. The van der Waals surface area contributed by atoms with Gasteiger partial charge in [0.1, 0.15) is 5.76 Å². The number of carboxylic acid groups (broad SMARTS) is 1. The molecule has 0 saturated heterocycles. The minimum atomic E-state index is -1.03. The standard InChI is InChI=1S/C10H11NO3/c1-3-14-7(2)8-4-5-11-6-9(8)10(12)13/h4-6H,2-3H2,1H3,(H,12,13). The summed E-state index contributed by atoms with van der Waals surface area (Å²) in [4.78, 5) is 14.5. The monoisotopic (exact) mass is 193 g/mol. The van der Waals surface area contributed by atoms with Crippen LogP contribution in [0, 0.1) is 0 Å². The van der Waals surface area contributed by atoms with Crippen molar-refractivity contribution in [1.29, 1.82) is 0 Å². The summed E-state index contributed by atoms with van der Waals surface area (Å²) in [5.41, 5.74) is 0.570. The van der Waals surface area contributed by atoms with Crippen LogP contribution in [0.1, 0.15) is 22.8 Å². The van der Waals surface area contributed by atoms with E-state index in [9.17, 15) is 4.79 Å². The summed E-state index contributed by atoms with van der Waals surface area (Å²) < 4.78 is 5.13. The van der Waals surface area contributed by atoms with Crippen molar-refractivity contribution in [3.63, 3.8) is 0 Å². The van der Waals surface area contributed by atoms with E-state index in [-0.39, 0.29) is 5.56 Å². The Hall–Kier alpha value is -1.84. The molecule has 74 valence electrons. The van der Waals surface area contributed by atoms with Gasteiger partial charge in [0.05, 0.1) is 12.2 Å². The molecule has 0 bridgehead atoms. The lowest BCUT2D eigenvalue weighted by Gasteiger charge is -2.08. The smallest absolute Gasteiger partial charge is 0.338 e. The van der Waals surface area contributed by atoms with Crippen molar-refractivity contribution in [1.82, 2.24) is 4.98 Å². The number of aromatic nitrogens is 1. The Morgan fingerprint density at radius 2 is 2.36 bits per heavy atom. The maximum atomic E-state index is 10.8. The highest BCUT2D eigenvalue weighted by Gasteiger charge is 2.12. The van der Waals surface area contributed by atoms with Gasteiger partial charge in [0, 0.05) is 18.0 Å². The third-order valence-electron chi connectivity index (χ3n) is 1.67. The van der Waals surface area contributed by atoms with E-state index in [1.807, 2.05) is 6.92 Å². The molecular formula is C10H11NO3. The molecule has 1 aromatic heterocycles. The van der Waals surface area contributed by atoms with E-state index in [2.05, 4.69) is 11.6 Å². The first-order valence-electron chi connectivity index (χ1n) is 4.16. The Labute approximate surface area is 81.9 Å². The van der Waals surface area contributed by atoms with Gasteiger partial charge < -0.3 is 9.84 Å². The van der Waals surface area contributed by atoms with Gasteiger partial charge in [-0.3, -0.25) is 4.98 Å². The molecule has 0 radical (unpaired) electrons. The molecule has 4 heteroatoms. The predicted octanol–water partition coefficient (Wildman–Crippen LogP) is 1.79. The number of hydrogen-bond donors (Lipinski definition) is 1. The zero-order chi connectivity index (χ0) is 10.6. The molecule has 14 heavy (non-hydrogen) atoms. The largest absolute Gasteiger partial charge is 0.494 e. The normalized spacial score (nSPS) is 9.50. The highest BCUT2D eigenvalue weighted by atomic mass is 16.5. The Morgan fingerprint density at radius 1 is 1.64 bits per heavy atom. The van der Waals surface area contributed by atoms with Gasteiger partial charge in [-0.05, 0) is 13.0 Å². The van der Waals surface area contributed by atoms with Crippen LogP contribution < -0.4 is 0 Å². The van der Waals surface area contributed by atoms with E-state index in [0.717, 1.165) is 0 Å². The zero-order valence-corrected chi connectivity index (χ0v) is 7.86. The number of ether oxygens (including phenoxy) is 1. The zero-order valence-electron chi connectivity index (χ0n) is 7.86. The Bertz CT molecular complexity index is 360. The number of carboxylic acids is 1. The van der Waals surface area contributed by atoms with Crippen LogP contribution in [0.15, 0.2) is 25.0 Å². The summed E-state index contributed by atoms with van der Waals surface area (Å²) in [5.74, 6) is -0.679. The second kappa shape index (κ2) is 4.41. The van der Waals surface area contributed by atoms with E-state index >= 15 is 0 Å². The summed E-state index contributed by atoms with van der Waals surface area (Å²) >= 11 is 0. The lowest BCUT2D eigenvalue weighted by molar-refractivity contribution is 0.0695. The fourth-order valence-electron chi connectivity index (χ4n) is 1.06. The molecule has 1 N–H and O–H groups in total. The highest BCUT2D eigenvalue weighted by molar-refractivity contribution is 5.92. The number of hydrogen-bond acceptors (Lipinski definition) is 3. The minimum absolute atomic E-state index is 0.103. The van der Waals surface area contributed by atoms with E-state index in [4.69, 9.17) is 9.84 Å². The lowest BCUT2D eigenvalue weighted by atomic mass is 10.1. The van der Waals surface area contributed by atoms with Crippen molar-refractivity contribution < 1.29 is 14.6 Å². The average molecular weight is 193 g/mol. The summed E-state index contributed by atoms with van der Waals surface area (Å²) in [6, 6.07) is 1.57. The third kappa shape index (κ3) is 2.10. The first-order chi connectivity index (χ1) is 6.66. The van der Waals surface area contributed by atoms with Crippen LogP contribution in [0.3, 0.4) is 0 Å². The quantitative estimate of drug-likeness (QED) is 0.740. The predicted molar refractivity (Wildman–Crippen MR) is 51.9 cm³/mol. The van der Waals surface area contributed by atoms with Crippen LogP contribution in [0.5, 0.6) is 0 Å². The molecule has 0 aliphatic carbocycles. The first-order valence-corrected chi connectivity index (χ1v) is 4.16. The van der Waals surface area contributed by atoms with Gasteiger partial charge in [-0.25, -0.2) is 4.79 Å². The number of pyridine rings is 1. The molecule has 0 fully saturated rings. The minimum Gasteiger partial charge on any atom is -0.494 e. The van der Waals surface area contributed by atoms with Crippen molar-refractivity contribution in [2.45, 2.75) is 6.92 Å². The van der Waals surface area contributed by atoms with Crippen LogP contribution in [0.2, 0.25) is 0 Å². The van der Waals surface area contributed by atoms with E-state index in [0.29, 0.717) is 17.9 Å². The van der Waals surface area contributed by atoms with Crippen molar-refractivity contribution in [3.05, 3.63) is 36.2 Å². The molecule has 4 nitrogen and oxygen atoms in total. The van der Waals surface area contributed by atoms with E-state index < -0.39 is 5.97 Å². The molecular weight excluding hydrogens is 182 g/mol. The number of rotatable bonds is 4. The number of aromatic carboxylic acids is 1. The lowest BCUT2D eigenvalue weighted by Crippen LogP contribution is -2.03. The van der Waals surface area contributed by atoms with Crippen LogP contribution in [-0.2, 0) is 4.74 Å². The Kier molecular flexibility index (Phi) is 3.23. The Balaban J connectivity index is 3.07. The van der Waals surface area contributed by atoms with Crippen LogP contribution >= 0.6 is 0 Å². The summed E-state index contributed by atoms with van der Waals surface area (Å²) in [5, 5.41) is 8.85. The molecule has 1 rings (SSSR count). The van der Waals surface area contributed by atoms with Crippen LogP contribution in [0.4, 0.5) is 0 Å². The van der Waals surface area contributed by atoms with Gasteiger partial charge in [0.2, 0.25) is 0 Å². The third-order valence-corrected chi connectivity index (χ3v) is 1.67. The molecule has 0 amide bonds. The topological polar surface area (TPSA) is 59.4 Å². The van der Waals surface area contributed by atoms with Crippen LogP contribution in [-0.4, -0.2) is 22.7 Å². The molecule has 0 aromatic carbocycles. The fraction of sp³-hybridized carbons (Fsp3) is 0.200. The number of carbonyl (C=O) groups is 1. The maximum absolute atomic E-state index is 10.8. The average Bonchev–Trinajstić information content (AvgIpc) is 2.18. The van der Waals surface area contributed by atoms with Gasteiger partial charge in [0.15, 0.2) is 0 Å². The molecule has 0 aliphatic rings. The summed E-state index contributed by atoms with van der Waals surface area (Å²) in [6.45, 7) is 5.92. The SMILES string of the molecule is C=C(OCC)c1ccncc1C(=O)O. The molecule has 0 aliphatic heterocycles. The maximum Gasteiger partial charge on any atom is 0.338 e. The molecule has 0 atom stereocenters. The second-order valence-electron chi connectivity index (χ2n) is 2.58. The second-order valence-corrected chi connectivity index (χ2v) is 2.58. The highest BCUT2D eigenvalue weighted by Crippen LogP contribution is 2.17. The fourth-order valence-corrected chi connectivity index (χ4v) is 1.06. The van der Waals surface area contributed by atoms with Gasteiger partial charge in [0.25, 0.3) is 0 Å². The Morgan fingerprint density at radius 3 is 2.93 bits per heavy atom. The van der Waals surface area contributed by atoms with Crippen LogP contribution in [0.25, 0.3) is 5.76 Å². The summed E-state index contributed by atoms with van der Waals surface area (Å²) in [7, 11) is 0. The van der Waals surface area contributed by atoms with E-state index in [1.165, 1.54) is 12.4 Å². The van der Waals surface area contributed by atoms with E-state index in [1.54, 1.807) is 6.07 Å². The molecule has 0 spiro atoms. The van der Waals surface area contributed by atoms with Gasteiger partial charge in [-0.2, -0.15) is 0 Å². The van der Waals surface area contributed by atoms with Gasteiger partial charge >= 0.3 is 5.97 Å². The van der Waals surface area contributed by atoms with Crippen molar-refractivity contribution in [2.75, 3.05) is 6.61 Å².